The van der Waals surface area contributed by atoms with Gasteiger partial charge in [0, 0.05) is 25.7 Å². The van der Waals surface area contributed by atoms with Crippen molar-refractivity contribution < 1.29 is 4.79 Å². The second-order valence-corrected chi connectivity index (χ2v) is 4.63. The van der Waals surface area contributed by atoms with Gasteiger partial charge in [0.05, 0.1) is 10.2 Å². The topological polar surface area (TPSA) is 46.9 Å². The van der Waals surface area contributed by atoms with Gasteiger partial charge < -0.3 is 5.32 Å². The van der Waals surface area contributed by atoms with E-state index in [0.717, 1.165) is 29.6 Å². The third kappa shape index (κ3) is 4.35. The molecule has 0 unspecified atom stereocenters. The Morgan fingerprint density at radius 3 is 2.94 bits per heavy atom. The van der Waals surface area contributed by atoms with Crippen molar-refractivity contribution in [3.8, 4) is 0 Å². The monoisotopic (exact) mass is 287 g/mol. The van der Waals surface area contributed by atoms with Crippen LogP contribution in [0.4, 0.5) is 0 Å². The van der Waals surface area contributed by atoms with E-state index in [-0.39, 0.29) is 5.91 Å². The first kappa shape index (κ1) is 13.2. The first-order valence-corrected chi connectivity index (χ1v) is 6.39. The molecular formula is C11H18BrN3O. The van der Waals surface area contributed by atoms with E-state index in [0.29, 0.717) is 13.0 Å². The minimum absolute atomic E-state index is 0.0951. The van der Waals surface area contributed by atoms with Gasteiger partial charge in [-0.1, -0.05) is 13.3 Å². The van der Waals surface area contributed by atoms with Crippen molar-refractivity contribution >= 4 is 21.8 Å². The van der Waals surface area contributed by atoms with E-state index in [1.54, 1.807) is 4.68 Å². The van der Waals surface area contributed by atoms with Gasteiger partial charge in [-0.05, 0) is 29.3 Å². The molecule has 0 bridgehead atoms. The van der Waals surface area contributed by atoms with Crippen LogP contribution in [0.15, 0.2) is 10.7 Å². The summed E-state index contributed by atoms with van der Waals surface area (Å²) < 4.78 is 2.78. The van der Waals surface area contributed by atoms with Gasteiger partial charge in [-0.25, -0.2) is 0 Å². The highest BCUT2D eigenvalue weighted by atomic mass is 79.9. The molecule has 1 heterocycles. The molecule has 0 aliphatic rings. The predicted octanol–water partition coefficient (Wildman–Crippen LogP) is 2.26. The molecular weight excluding hydrogens is 270 g/mol. The second kappa shape index (κ2) is 6.68. The fourth-order valence-corrected chi connectivity index (χ4v) is 1.63. The van der Waals surface area contributed by atoms with Crippen molar-refractivity contribution in [3.63, 3.8) is 0 Å². The van der Waals surface area contributed by atoms with Crippen molar-refractivity contribution in [2.75, 3.05) is 6.54 Å². The number of rotatable bonds is 6. The minimum atomic E-state index is 0.0951. The molecule has 1 N–H and O–H groups in total. The van der Waals surface area contributed by atoms with Gasteiger partial charge in [0.15, 0.2) is 0 Å². The summed E-state index contributed by atoms with van der Waals surface area (Å²) in [5.74, 6) is 0.0951. The Hall–Kier alpha value is -0.840. The summed E-state index contributed by atoms with van der Waals surface area (Å²) >= 11 is 3.39. The van der Waals surface area contributed by atoms with E-state index >= 15 is 0 Å². The number of amides is 1. The van der Waals surface area contributed by atoms with Crippen LogP contribution in [0.2, 0.25) is 0 Å². The highest BCUT2D eigenvalue weighted by Crippen LogP contribution is 2.13. The normalized spacial score (nSPS) is 10.4. The maximum Gasteiger partial charge on any atom is 0.221 e. The van der Waals surface area contributed by atoms with Gasteiger partial charge in [-0.3, -0.25) is 9.48 Å². The molecule has 0 aliphatic carbocycles. The third-order valence-corrected chi connectivity index (χ3v) is 3.09. The van der Waals surface area contributed by atoms with Gasteiger partial charge in [-0.2, -0.15) is 5.10 Å². The molecule has 0 radical (unpaired) electrons. The van der Waals surface area contributed by atoms with Gasteiger partial charge in [0.2, 0.25) is 5.91 Å². The summed E-state index contributed by atoms with van der Waals surface area (Å²) in [7, 11) is 0. The van der Waals surface area contributed by atoms with E-state index in [9.17, 15) is 4.79 Å². The number of hydrogen-bond donors (Lipinski definition) is 1. The Kier molecular flexibility index (Phi) is 5.52. The Morgan fingerprint density at radius 2 is 2.38 bits per heavy atom. The molecule has 1 rings (SSSR count). The lowest BCUT2D eigenvalue weighted by Crippen LogP contribution is -2.25. The van der Waals surface area contributed by atoms with Gasteiger partial charge in [0.1, 0.15) is 0 Å². The number of nitrogens with zero attached hydrogens (tertiary/aromatic N) is 2. The number of hydrogen-bond acceptors (Lipinski definition) is 2. The summed E-state index contributed by atoms with van der Waals surface area (Å²) in [5, 5.41) is 7.15. The Balaban J connectivity index is 2.26. The van der Waals surface area contributed by atoms with Crippen LogP contribution in [0.25, 0.3) is 0 Å². The van der Waals surface area contributed by atoms with Crippen molar-refractivity contribution in [1.29, 1.82) is 0 Å². The van der Waals surface area contributed by atoms with E-state index in [2.05, 4.69) is 33.3 Å². The molecule has 0 atom stereocenters. The molecule has 0 aromatic carbocycles. The molecule has 4 nitrogen and oxygen atoms in total. The molecule has 0 spiro atoms. The van der Waals surface area contributed by atoms with Gasteiger partial charge >= 0.3 is 0 Å². The zero-order chi connectivity index (χ0) is 12.0. The lowest BCUT2D eigenvalue weighted by atomic mass is 10.3. The van der Waals surface area contributed by atoms with Crippen LogP contribution < -0.4 is 5.32 Å². The summed E-state index contributed by atoms with van der Waals surface area (Å²) in [6.45, 7) is 5.44. The van der Waals surface area contributed by atoms with E-state index in [1.807, 2.05) is 13.1 Å². The largest absolute Gasteiger partial charge is 0.356 e. The molecule has 16 heavy (non-hydrogen) atoms. The standard InChI is InChI=1S/C11H18BrN3O/c1-3-4-6-13-11(16)5-7-15-8-10(12)9(2)14-15/h8H,3-7H2,1-2H3,(H,13,16). The molecule has 0 saturated heterocycles. The summed E-state index contributed by atoms with van der Waals surface area (Å²) in [4.78, 5) is 11.4. The molecule has 1 aromatic heterocycles. The zero-order valence-corrected chi connectivity index (χ0v) is 11.4. The molecule has 1 amide bonds. The average molecular weight is 288 g/mol. The smallest absolute Gasteiger partial charge is 0.221 e. The quantitative estimate of drug-likeness (QED) is 0.816. The number of unbranched alkanes of at least 4 members (excludes halogenated alkanes) is 1. The number of carbonyl (C=O) groups excluding carboxylic acids is 1. The number of halogens is 1. The number of nitrogens with one attached hydrogen (secondary N) is 1. The summed E-state index contributed by atoms with van der Waals surface area (Å²) in [6, 6.07) is 0. The van der Waals surface area contributed by atoms with Crippen LogP contribution in [0.3, 0.4) is 0 Å². The van der Waals surface area contributed by atoms with Crippen molar-refractivity contribution in [2.45, 2.75) is 39.7 Å². The minimum Gasteiger partial charge on any atom is -0.356 e. The van der Waals surface area contributed by atoms with Crippen molar-refractivity contribution in [3.05, 3.63) is 16.4 Å². The van der Waals surface area contributed by atoms with Crippen LogP contribution in [-0.4, -0.2) is 22.2 Å². The molecule has 0 fully saturated rings. The van der Waals surface area contributed by atoms with E-state index in [1.165, 1.54) is 0 Å². The number of carbonyl (C=O) groups is 1. The molecule has 0 aliphatic heterocycles. The van der Waals surface area contributed by atoms with Crippen LogP contribution in [0.1, 0.15) is 31.9 Å². The SMILES string of the molecule is CCCCNC(=O)CCn1cc(Br)c(C)n1. The lowest BCUT2D eigenvalue weighted by molar-refractivity contribution is -0.121. The maximum atomic E-state index is 11.4. The molecule has 90 valence electrons. The average Bonchev–Trinajstić information content (AvgIpc) is 2.56. The number of aryl methyl sites for hydroxylation is 2. The first-order valence-electron chi connectivity index (χ1n) is 5.59. The third-order valence-electron chi connectivity index (χ3n) is 2.31. The van der Waals surface area contributed by atoms with Gasteiger partial charge in [0.25, 0.3) is 0 Å². The van der Waals surface area contributed by atoms with Crippen LogP contribution in [0, 0.1) is 6.92 Å². The Bertz CT molecular complexity index is 329. The molecule has 0 saturated carbocycles. The summed E-state index contributed by atoms with van der Waals surface area (Å²) in [6.07, 6.45) is 4.52. The van der Waals surface area contributed by atoms with E-state index < -0.39 is 0 Å². The first-order chi connectivity index (χ1) is 7.63. The Morgan fingerprint density at radius 1 is 1.62 bits per heavy atom. The highest BCUT2D eigenvalue weighted by Gasteiger charge is 2.04. The van der Waals surface area contributed by atoms with E-state index in [4.69, 9.17) is 0 Å². The highest BCUT2D eigenvalue weighted by molar-refractivity contribution is 9.10. The fraction of sp³-hybridized carbons (Fsp3) is 0.636. The number of aromatic nitrogens is 2. The van der Waals surface area contributed by atoms with Crippen molar-refractivity contribution in [1.82, 2.24) is 15.1 Å². The van der Waals surface area contributed by atoms with Gasteiger partial charge in [-0.15, -0.1) is 0 Å². The lowest BCUT2D eigenvalue weighted by Gasteiger charge is -2.04. The zero-order valence-electron chi connectivity index (χ0n) is 9.79. The van der Waals surface area contributed by atoms with Crippen molar-refractivity contribution in [2.24, 2.45) is 0 Å². The van der Waals surface area contributed by atoms with Crippen LogP contribution in [-0.2, 0) is 11.3 Å². The second-order valence-electron chi connectivity index (χ2n) is 3.78. The maximum absolute atomic E-state index is 11.4. The van der Waals surface area contributed by atoms with Crippen LogP contribution >= 0.6 is 15.9 Å². The summed E-state index contributed by atoms with van der Waals surface area (Å²) in [5.41, 5.74) is 0.950. The molecule has 1 aromatic rings. The molecule has 5 heteroatoms. The predicted molar refractivity (Wildman–Crippen MR) is 67.2 cm³/mol. The van der Waals surface area contributed by atoms with Crippen LogP contribution in [0.5, 0.6) is 0 Å². The fourth-order valence-electron chi connectivity index (χ4n) is 1.32. The Labute approximate surface area is 105 Å².